The molecule has 0 aliphatic rings. The van der Waals surface area contributed by atoms with Crippen LogP contribution in [0.5, 0.6) is 5.75 Å². The standard InChI is InChI=1S/C20H30N4O2.ClH/c1-5-11-26-17-13-24(16-9-7-6-8-10-16)23-18(17)19(25)22-20(4,14-21)12-15(2)3;/h6-10,13,15H,5,11-12,14,21H2,1-4H3,(H,22,25);1H. The normalized spacial score (nSPS) is 13.0. The molecule has 2 aromatic rings. The molecule has 3 N–H and O–H groups in total. The number of halogens is 1. The molecule has 1 aromatic carbocycles. The van der Waals surface area contributed by atoms with Crippen molar-refractivity contribution in [2.75, 3.05) is 13.2 Å². The van der Waals surface area contributed by atoms with Crippen LogP contribution in [0.15, 0.2) is 36.5 Å². The summed E-state index contributed by atoms with van der Waals surface area (Å²) in [5.74, 6) is 0.637. The van der Waals surface area contributed by atoms with E-state index in [4.69, 9.17) is 10.5 Å². The number of para-hydroxylation sites is 1. The zero-order valence-corrected chi connectivity index (χ0v) is 17.4. The molecule has 0 saturated heterocycles. The van der Waals surface area contributed by atoms with Crippen LogP contribution in [0.4, 0.5) is 0 Å². The second-order valence-corrected chi connectivity index (χ2v) is 7.29. The third-order valence-corrected chi connectivity index (χ3v) is 4.10. The number of carbonyl (C=O) groups excluding carboxylic acids is 1. The van der Waals surface area contributed by atoms with E-state index in [2.05, 4.69) is 24.3 Å². The molecule has 7 heteroatoms. The summed E-state index contributed by atoms with van der Waals surface area (Å²) >= 11 is 0. The van der Waals surface area contributed by atoms with Crippen molar-refractivity contribution in [3.8, 4) is 11.4 Å². The first-order chi connectivity index (χ1) is 12.4. The van der Waals surface area contributed by atoms with Gasteiger partial charge < -0.3 is 15.8 Å². The lowest BCUT2D eigenvalue weighted by Crippen LogP contribution is -2.52. The highest BCUT2D eigenvalue weighted by Crippen LogP contribution is 2.22. The van der Waals surface area contributed by atoms with Gasteiger partial charge >= 0.3 is 0 Å². The predicted octanol–water partition coefficient (Wildman–Crippen LogP) is 3.58. The molecular weight excluding hydrogens is 364 g/mol. The van der Waals surface area contributed by atoms with Crippen molar-refractivity contribution in [3.63, 3.8) is 0 Å². The van der Waals surface area contributed by atoms with Gasteiger partial charge in [0.15, 0.2) is 11.4 Å². The minimum Gasteiger partial charge on any atom is -0.489 e. The number of hydrogen-bond donors (Lipinski definition) is 2. The van der Waals surface area contributed by atoms with Gasteiger partial charge in [0, 0.05) is 6.54 Å². The first kappa shape index (κ1) is 23.0. The fraction of sp³-hybridized carbons (Fsp3) is 0.500. The Morgan fingerprint density at radius 1 is 1.33 bits per heavy atom. The van der Waals surface area contributed by atoms with Crippen molar-refractivity contribution in [3.05, 3.63) is 42.2 Å². The Bertz CT molecular complexity index is 718. The third-order valence-electron chi connectivity index (χ3n) is 4.10. The quantitative estimate of drug-likeness (QED) is 0.681. The van der Waals surface area contributed by atoms with Gasteiger partial charge in [0.1, 0.15) is 0 Å². The van der Waals surface area contributed by atoms with Gasteiger partial charge in [-0.3, -0.25) is 4.79 Å². The van der Waals surface area contributed by atoms with E-state index in [-0.39, 0.29) is 24.0 Å². The maximum absolute atomic E-state index is 12.9. The van der Waals surface area contributed by atoms with E-state index in [0.717, 1.165) is 18.5 Å². The zero-order valence-electron chi connectivity index (χ0n) is 16.6. The van der Waals surface area contributed by atoms with Gasteiger partial charge in [-0.2, -0.15) is 5.10 Å². The second kappa shape index (κ2) is 10.3. The SMILES string of the molecule is CCCOc1cn(-c2ccccc2)nc1C(=O)NC(C)(CN)CC(C)C.Cl. The molecule has 0 bridgehead atoms. The number of nitrogens with two attached hydrogens (primary N) is 1. The van der Waals surface area contributed by atoms with Crippen LogP contribution in [0.3, 0.4) is 0 Å². The molecule has 0 aliphatic heterocycles. The maximum Gasteiger partial charge on any atom is 0.276 e. The van der Waals surface area contributed by atoms with Gasteiger partial charge in [-0.05, 0) is 37.8 Å². The Morgan fingerprint density at radius 3 is 2.56 bits per heavy atom. The zero-order chi connectivity index (χ0) is 19.2. The summed E-state index contributed by atoms with van der Waals surface area (Å²) in [6, 6.07) is 9.66. The van der Waals surface area contributed by atoms with Crippen LogP contribution in [0.2, 0.25) is 0 Å². The van der Waals surface area contributed by atoms with Gasteiger partial charge in [-0.25, -0.2) is 4.68 Å². The average Bonchev–Trinajstić information content (AvgIpc) is 3.04. The number of benzene rings is 1. The topological polar surface area (TPSA) is 82.2 Å². The van der Waals surface area contributed by atoms with Crippen molar-refractivity contribution >= 4 is 18.3 Å². The monoisotopic (exact) mass is 394 g/mol. The van der Waals surface area contributed by atoms with Gasteiger partial charge in [-0.1, -0.05) is 39.0 Å². The number of rotatable bonds is 9. The minimum atomic E-state index is -0.482. The molecule has 1 aromatic heterocycles. The molecule has 1 heterocycles. The predicted molar refractivity (Wildman–Crippen MR) is 111 cm³/mol. The van der Waals surface area contributed by atoms with E-state index in [0.29, 0.717) is 24.8 Å². The van der Waals surface area contributed by atoms with E-state index in [1.807, 2.05) is 44.2 Å². The Hall–Kier alpha value is -2.05. The average molecular weight is 395 g/mol. The highest BCUT2D eigenvalue weighted by Gasteiger charge is 2.29. The van der Waals surface area contributed by atoms with Crippen molar-refractivity contribution in [1.82, 2.24) is 15.1 Å². The highest BCUT2D eigenvalue weighted by molar-refractivity contribution is 5.95. The Kier molecular flexibility index (Phi) is 8.79. The maximum atomic E-state index is 12.9. The van der Waals surface area contributed by atoms with Crippen LogP contribution in [0, 0.1) is 5.92 Å². The summed E-state index contributed by atoms with van der Waals surface area (Å²) in [7, 11) is 0. The molecule has 150 valence electrons. The van der Waals surface area contributed by atoms with Crippen LogP contribution in [-0.2, 0) is 0 Å². The van der Waals surface area contributed by atoms with Gasteiger partial charge in [0.05, 0.1) is 24.0 Å². The van der Waals surface area contributed by atoms with Crippen molar-refractivity contribution < 1.29 is 9.53 Å². The Balaban J connectivity index is 0.00000364. The number of ether oxygens (including phenoxy) is 1. The molecule has 1 atom stereocenters. The van der Waals surface area contributed by atoms with E-state index in [1.165, 1.54) is 0 Å². The number of nitrogens with one attached hydrogen (secondary N) is 1. The largest absolute Gasteiger partial charge is 0.489 e. The molecule has 6 nitrogen and oxygen atoms in total. The molecule has 0 saturated carbocycles. The Morgan fingerprint density at radius 2 is 2.00 bits per heavy atom. The summed E-state index contributed by atoms with van der Waals surface area (Å²) in [4.78, 5) is 12.9. The number of carbonyl (C=O) groups is 1. The second-order valence-electron chi connectivity index (χ2n) is 7.29. The van der Waals surface area contributed by atoms with Gasteiger partial charge in [-0.15, -0.1) is 12.4 Å². The highest BCUT2D eigenvalue weighted by atomic mass is 35.5. The van der Waals surface area contributed by atoms with E-state index < -0.39 is 5.54 Å². The molecule has 1 unspecified atom stereocenters. The van der Waals surface area contributed by atoms with Crippen LogP contribution >= 0.6 is 12.4 Å². The minimum absolute atomic E-state index is 0. The summed E-state index contributed by atoms with van der Waals surface area (Å²) in [6.45, 7) is 9.10. The summed E-state index contributed by atoms with van der Waals surface area (Å²) < 4.78 is 7.43. The van der Waals surface area contributed by atoms with Crippen LogP contribution < -0.4 is 15.8 Å². The van der Waals surface area contributed by atoms with E-state index in [9.17, 15) is 4.79 Å². The van der Waals surface area contributed by atoms with Crippen molar-refractivity contribution in [1.29, 1.82) is 0 Å². The number of hydrogen-bond acceptors (Lipinski definition) is 4. The van der Waals surface area contributed by atoms with Gasteiger partial charge in [0.2, 0.25) is 0 Å². The fourth-order valence-electron chi connectivity index (χ4n) is 2.97. The molecular formula is C20H31ClN4O2. The molecule has 0 spiro atoms. The first-order valence-corrected chi connectivity index (χ1v) is 9.19. The Labute approximate surface area is 167 Å². The summed E-state index contributed by atoms with van der Waals surface area (Å²) in [5, 5.41) is 7.52. The van der Waals surface area contributed by atoms with E-state index >= 15 is 0 Å². The van der Waals surface area contributed by atoms with Gasteiger partial charge in [0.25, 0.3) is 5.91 Å². The summed E-state index contributed by atoms with van der Waals surface area (Å²) in [6.07, 6.45) is 3.40. The first-order valence-electron chi connectivity index (χ1n) is 9.19. The lowest BCUT2D eigenvalue weighted by Gasteiger charge is -2.31. The molecule has 1 amide bonds. The summed E-state index contributed by atoms with van der Waals surface area (Å²) in [5.41, 5.74) is 6.60. The lowest BCUT2D eigenvalue weighted by atomic mass is 9.90. The molecule has 0 fully saturated rings. The number of aromatic nitrogens is 2. The van der Waals surface area contributed by atoms with Crippen molar-refractivity contribution in [2.24, 2.45) is 11.7 Å². The van der Waals surface area contributed by atoms with Crippen LogP contribution in [0.1, 0.15) is 51.0 Å². The van der Waals surface area contributed by atoms with E-state index in [1.54, 1.807) is 10.9 Å². The van der Waals surface area contributed by atoms with Crippen LogP contribution in [0.25, 0.3) is 5.69 Å². The molecule has 0 aliphatic carbocycles. The molecule has 27 heavy (non-hydrogen) atoms. The number of nitrogens with zero attached hydrogens (tertiary/aromatic N) is 2. The fourth-order valence-corrected chi connectivity index (χ4v) is 2.97. The smallest absolute Gasteiger partial charge is 0.276 e. The number of amides is 1. The molecule has 2 rings (SSSR count). The van der Waals surface area contributed by atoms with Crippen LogP contribution in [-0.4, -0.2) is 34.4 Å². The van der Waals surface area contributed by atoms with Crippen molar-refractivity contribution in [2.45, 2.75) is 46.1 Å². The third kappa shape index (κ3) is 6.26. The molecule has 0 radical (unpaired) electrons. The lowest BCUT2D eigenvalue weighted by molar-refractivity contribution is 0.0888.